The first-order chi connectivity index (χ1) is 12.8. The Morgan fingerprint density at radius 3 is 2.30 bits per heavy atom. The van der Waals surface area contributed by atoms with E-state index in [-0.39, 0.29) is 23.4 Å². The van der Waals surface area contributed by atoms with Gasteiger partial charge < -0.3 is 5.73 Å². The normalized spacial score (nSPS) is 13.0. The number of benzene rings is 3. The topological polar surface area (TPSA) is 72.2 Å². The fourth-order valence-electron chi connectivity index (χ4n) is 2.71. The van der Waals surface area contributed by atoms with E-state index in [0.717, 1.165) is 16.8 Å². The minimum atomic E-state index is -3.82. The second kappa shape index (κ2) is 7.67. The second-order valence-corrected chi connectivity index (χ2v) is 7.95. The van der Waals surface area contributed by atoms with Crippen LogP contribution < -0.4 is 10.5 Å². The Labute approximate surface area is 154 Å². The van der Waals surface area contributed by atoms with E-state index in [2.05, 4.69) is 4.72 Å². The van der Waals surface area contributed by atoms with Crippen molar-refractivity contribution in [3.63, 3.8) is 0 Å². The highest BCUT2D eigenvalue weighted by Gasteiger charge is 2.18. The first-order valence-corrected chi connectivity index (χ1v) is 9.62. The van der Waals surface area contributed by atoms with Gasteiger partial charge in [-0.3, -0.25) is 0 Å². The highest BCUT2D eigenvalue weighted by molar-refractivity contribution is 7.89. The van der Waals surface area contributed by atoms with E-state index >= 15 is 0 Å². The third kappa shape index (κ3) is 4.47. The fraction of sp³-hybridized carbons (Fsp3) is 0.158. The zero-order valence-corrected chi connectivity index (χ0v) is 14.9. The van der Waals surface area contributed by atoms with Crippen molar-refractivity contribution in [2.75, 3.05) is 6.54 Å². The zero-order valence-electron chi connectivity index (χ0n) is 14.1. The van der Waals surface area contributed by atoms with Crippen molar-refractivity contribution >= 4 is 20.8 Å². The van der Waals surface area contributed by atoms with E-state index in [1.807, 2.05) is 12.1 Å². The van der Waals surface area contributed by atoms with Crippen LogP contribution in [-0.4, -0.2) is 21.0 Å². The maximum absolute atomic E-state index is 13.7. The number of halogens is 3. The van der Waals surface area contributed by atoms with Gasteiger partial charge in [-0.1, -0.05) is 30.3 Å². The van der Waals surface area contributed by atoms with Crippen LogP contribution in [0, 0.1) is 17.5 Å². The van der Waals surface area contributed by atoms with Gasteiger partial charge in [0.15, 0.2) is 11.6 Å². The molecule has 3 aromatic rings. The van der Waals surface area contributed by atoms with Crippen molar-refractivity contribution in [3.8, 4) is 0 Å². The molecular formula is C19H17F3N2O2S. The van der Waals surface area contributed by atoms with Crippen molar-refractivity contribution < 1.29 is 21.6 Å². The maximum Gasteiger partial charge on any atom is 0.240 e. The van der Waals surface area contributed by atoms with Gasteiger partial charge in [-0.05, 0) is 41.0 Å². The van der Waals surface area contributed by atoms with Crippen molar-refractivity contribution in [1.82, 2.24) is 4.72 Å². The van der Waals surface area contributed by atoms with Crippen LogP contribution in [0.15, 0.2) is 59.5 Å². The van der Waals surface area contributed by atoms with Gasteiger partial charge >= 0.3 is 0 Å². The highest BCUT2D eigenvalue weighted by Crippen LogP contribution is 2.19. The molecule has 0 fully saturated rings. The first-order valence-electron chi connectivity index (χ1n) is 8.14. The van der Waals surface area contributed by atoms with Gasteiger partial charge in [0, 0.05) is 18.7 Å². The van der Waals surface area contributed by atoms with Crippen LogP contribution >= 0.6 is 0 Å². The van der Waals surface area contributed by atoms with Gasteiger partial charge in [0.25, 0.3) is 0 Å². The Hall–Kier alpha value is -2.42. The molecule has 8 heteroatoms. The molecule has 0 unspecified atom stereocenters. The molecule has 0 bridgehead atoms. The summed E-state index contributed by atoms with van der Waals surface area (Å²) >= 11 is 0. The molecule has 3 aromatic carbocycles. The molecule has 3 N–H and O–H groups in total. The van der Waals surface area contributed by atoms with E-state index < -0.39 is 33.5 Å². The average Bonchev–Trinajstić information content (AvgIpc) is 2.64. The van der Waals surface area contributed by atoms with E-state index in [4.69, 9.17) is 5.73 Å². The molecule has 0 heterocycles. The minimum Gasteiger partial charge on any atom is -0.326 e. The van der Waals surface area contributed by atoms with E-state index in [1.54, 1.807) is 18.2 Å². The molecule has 0 aromatic heterocycles. The van der Waals surface area contributed by atoms with Crippen molar-refractivity contribution in [1.29, 1.82) is 0 Å². The van der Waals surface area contributed by atoms with Gasteiger partial charge in [-0.15, -0.1) is 0 Å². The molecule has 3 rings (SSSR count). The maximum atomic E-state index is 13.7. The van der Waals surface area contributed by atoms with Crippen LogP contribution in [0.4, 0.5) is 13.2 Å². The SMILES string of the molecule is N[C@@H](CNS(=O)(=O)c1ccc2ccccc2c1)Cc1cc(F)c(F)cc1F. The molecule has 0 aliphatic heterocycles. The summed E-state index contributed by atoms with van der Waals surface area (Å²) in [6, 6.07) is 12.4. The Morgan fingerprint density at radius 2 is 1.56 bits per heavy atom. The fourth-order valence-corrected chi connectivity index (χ4v) is 3.84. The van der Waals surface area contributed by atoms with Crippen LogP contribution in [-0.2, 0) is 16.4 Å². The number of fused-ring (bicyclic) bond motifs is 1. The molecule has 0 saturated carbocycles. The minimum absolute atomic E-state index is 0.0763. The molecule has 0 saturated heterocycles. The molecule has 0 aliphatic carbocycles. The lowest BCUT2D eigenvalue weighted by Crippen LogP contribution is -2.38. The molecule has 0 spiro atoms. The van der Waals surface area contributed by atoms with Crippen LogP contribution in [0.25, 0.3) is 10.8 Å². The summed E-state index contributed by atoms with van der Waals surface area (Å²) in [4.78, 5) is 0.0763. The standard InChI is InChI=1S/C19H17F3N2O2S/c20-17-10-19(22)18(21)9-14(17)7-15(23)11-24-27(25,26)16-6-5-12-3-1-2-4-13(12)8-16/h1-6,8-10,15,24H,7,11,23H2/t15-/m1/s1. The monoisotopic (exact) mass is 394 g/mol. The Kier molecular flexibility index (Phi) is 5.50. The van der Waals surface area contributed by atoms with Gasteiger partial charge in [-0.2, -0.15) is 0 Å². The Bertz CT molecular complexity index is 1090. The third-order valence-corrected chi connectivity index (χ3v) is 5.56. The lowest BCUT2D eigenvalue weighted by molar-refractivity contribution is 0.486. The Balaban J connectivity index is 1.70. The average molecular weight is 394 g/mol. The first kappa shape index (κ1) is 19.3. The molecule has 27 heavy (non-hydrogen) atoms. The van der Waals surface area contributed by atoms with Crippen LogP contribution in [0.2, 0.25) is 0 Å². The van der Waals surface area contributed by atoms with Crippen molar-refractivity contribution in [2.24, 2.45) is 5.73 Å². The number of nitrogens with one attached hydrogen (secondary N) is 1. The largest absolute Gasteiger partial charge is 0.326 e. The molecular weight excluding hydrogens is 377 g/mol. The van der Waals surface area contributed by atoms with E-state index in [9.17, 15) is 21.6 Å². The summed E-state index contributed by atoms with van der Waals surface area (Å²) in [6.45, 7) is -0.187. The molecule has 0 aliphatic rings. The summed E-state index contributed by atoms with van der Waals surface area (Å²) in [5.74, 6) is -3.40. The van der Waals surface area contributed by atoms with Gasteiger partial charge in [0.2, 0.25) is 10.0 Å². The number of hydrogen-bond acceptors (Lipinski definition) is 3. The van der Waals surface area contributed by atoms with Gasteiger partial charge in [-0.25, -0.2) is 26.3 Å². The molecule has 142 valence electrons. The van der Waals surface area contributed by atoms with Gasteiger partial charge in [0.1, 0.15) is 5.82 Å². The zero-order chi connectivity index (χ0) is 19.6. The van der Waals surface area contributed by atoms with Crippen molar-refractivity contribution in [2.45, 2.75) is 17.4 Å². The highest BCUT2D eigenvalue weighted by atomic mass is 32.2. The summed E-state index contributed by atoms with van der Waals surface area (Å²) in [5.41, 5.74) is 5.71. The van der Waals surface area contributed by atoms with Crippen molar-refractivity contribution in [3.05, 3.63) is 77.6 Å². The Morgan fingerprint density at radius 1 is 0.889 bits per heavy atom. The lowest BCUT2D eigenvalue weighted by Gasteiger charge is -2.14. The van der Waals surface area contributed by atoms with Crippen LogP contribution in [0.3, 0.4) is 0 Å². The predicted octanol–water partition coefficient (Wildman–Crippen LogP) is 3.11. The molecule has 1 atom stereocenters. The predicted molar refractivity (Wildman–Crippen MR) is 97.1 cm³/mol. The molecule has 4 nitrogen and oxygen atoms in total. The number of sulfonamides is 1. The number of rotatable bonds is 6. The molecule has 0 radical (unpaired) electrons. The molecule has 0 amide bonds. The lowest BCUT2D eigenvalue weighted by atomic mass is 10.1. The number of hydrogen-bond donors (Lipinski definition) is 2. The number of nitrogens with two attached hydrogens (primary N) is 1. The third-order valence-electron chi connectivity index (χ3n) is 4.14. The smallest absolute Gasteiger partial charge is 0.240 e. The van der Waals surface area contributed by atoms with Gasteiger partial charge in [0.05, 0.1) is 4.90 Å². The summed E-state index contributed by atoms with van der Waals surface area (Å²) in [6.07, 6.45) is -0.150. The summed E-state index contributed by atoms with van der Waals surface area (Å²) < 4.78 is 67.1. The summed E-state index contributed by atoms with van der Waals surface area (Å²) in [7, 11) is -3.82. The van der Waals surface area contributed by atoms with E-state index in [1.165, 1.54) is 12.1 Å². The second-order valence-electron chi connectivity index (χ2n) is 6.18. The van der Waals surface area contributed by atoms with Crippen LogP contribution in [0.5, 0.6) is 0 Å². The quantitative estimate of drug-likeness (QED) is 0.631. The summed E-state index contributed by atoms with van der Waals surface area (Å²) in [5, 5.41) is 1.68. The van der Waals surface area contributed by atoms with Crippen LogP contribution in [0.1, 0.15) is 5.56 Å². The van der Waals surface area contributed by atoms with E-state index in [0.29, 0.717) is 6.07 Å².